The van der Waals surface area contributed by atoms with E-state index < -0.39 is 0 Å². The van der Waals surface area contributed by atoms with E-state index in [1.807, 2.05) is 7.05 Å². The Balaban J connectivity index is 2.29. The van der Waals surface area contributed by atoms with Crippen LogP contribution in [0.3, 0.4) is 0 Å². The summed E-state index contributed by atoms with van der Waals surface area (Å²) in [7, 11) is 1.98. The molecule has 14 heavy (non-hydrogen) atoms. The van der Waals surface area contributed by atoms with Gasteiger partial charge in [-0.3, -0.25) is 0 Å². The van der Waals surface area contributed by atoms with Gasteiger partial charge in [-0.1, -0.05) is 13.8 Å². The summed E-state index contributed by atoms with van der Waals surface area (Å²) in [5.74, 6) is 1.64. The fourth-order valence-corrected chi connectivity index (χ4v) is 2.19. The van der Waals surface area contributed by atoms with E-state index >= 15 is 0 Å². The van der Waals surface area contributed by atoms with E-state index in [9.17, 15) is 0 Å². The second-order valence-electron chi connectivity index (χ2n) is 4.67. The molecule has 0 radical (unpaired) electrons. The van der Waals surface area contributed by atoms with Crippen LogP contribution >= 0.6 is 0 Å². The number of aliphatic hydroxyl groups is 1. The lowest BCUT2D eigenvalue weighted by Crippen LogP contribution is -2.39. The molecule has 3 unspecified atom stereocenters. The summed E-state index contributed by atoms with van der Waals surface area (Å²) in [6.07, 6.45) is 0.857. The third-order valence-corrected chi connectivity index (χ3v) is 3.43. The van der Waals surface area contributed by atoms with E-state index in [-0.39, 0.29) is 6.61 Å². The van der Waals surface area contributed by atoms with Gasteiger partial charge in [0.15, 0.2) is 0 Å². The lowest BCUT2D eigenvalue weighted by Gasteiger charge is -2.22. The fraction of sp³-hybridized carbons (Fsp3) is 1.00. The second kappa shape index (κ2) is 5.69. The van der Waals surface area contributed by atoms with Gasteiger partial charge in [-0.2, -0.15) is 0 Å². The fourth-order valence-electron chi connectivity index (χ4n) is 2.19. The Morgan fingerprint density at radius 3 is 2.36 bits per heavy atom. The molecule has 3 atom stereocenters. The van der Waals surface area contributed by atoms with Crippen molar-refractivity contribution in [3.8, 4) is 0 Å². The molecule has 0 amide bonds. The van der Waals surface area contributed by atoms with Gasteiger partial charge in [0.25, 0.3) is 0 Å². The van der Waals surface area contributed by atoms with Crippen molar-refractivity contribution in [3.05, 3.63) is 0 Å². The summed E-state index contributed by atoms with van der Waals surface area (Å²) in [6, 6.07) is 0.442. The van der Waals surface area contributed by atoms with Gasteiger partial charge in [0.05, 0.1) is 0 Å². The zero-order valence-corrected chi connectivity index (χ0v) is 9.66. The van der Waals surface area contributed by atoms with Gasteiger partial charge >= 0.3 is 0 Å². The summed E-state index contributed by atoms with van der Waals surface area (Å²) >= 11 is 0. The maximum Gasteiger partial charge on any atom is 0.0446 e. The zero-order valence-electron chi connectivity index (χ0n) is 9.66. The summed E-state index contributed by atoms with van der Waals surface area (Å²) in [5.41, 5.74) is 0. The average Bonchev–Trinajstić information content (AvgIpc) is 2.45. The number of nitrogens with one attached hydrogen (secondary N) is 1. The maximum absolute atomic E-state index is 8.89. The minimum Gasteiger partial charge on any atom is -0.396 e. The Hall–Kier alpha value is -0.120. The highest BCUT2D eigenvalue weighted by atomic mass is 16.3. The first kappa shape index (κ1) is 12.0. The van der Waals surface area contributed by atoms with Crippen LogP contribution in [0.4, 0.5) is 0 Å². The Kier molecular flexibility index (Phi) is 4.85. The van der Waals surface area contributed by atoms with E-state index in [2.05, 4.69) is 24.1 Å². The van der Waals surface area contributed by atoms with Gasteiger partial charge in [-0.05, 0) is 25.3 Å². The van der Waals surface area contributed by atoms with Gasteiger partial charge in [0, 0.05) is 32.3 Å². The molecule has 1 fully saturated rings. The number of likely N-dealkylation sites (N-methyl/N-ethyl adjacent to an activating group) is 1. The smallest absolute Gasteiger partial charge is 0.0446 e. The number of rotatable bonds is 5. The molecule has 1 heterocycles. The summed E-state index contributed by atoms with van der Waals surface area (Å²) in [6.45, 7) is 8.43. The molecule has 0 saturated carbocycles. The summed E-state index contributed by atoms with van der Waals surface area (Å²) < 4.78 is 0. The van der Waals surface area contributed by atoms with Crippen LogP contribution < -0.4 is 5.32 Å². The van der Waals surface area contributed by atoms with Crippen molar-refractivity contribution in [2.24, 2.45) is 11.8 Å². The van der Waals surface area contributed by atoms with Crippen molar-refractivity contribution in [2.45, 2.75) is 26.3 Å². The molecule has 2 N–H and O–H groups in total. The van der Waals surface area contributed by atoms with E-state index in [0.717, 1.165) is 24.8 Å². The quantitative estimate of drug-likeness (QED) is 0.680. The van der Waals surface area contributed by atoms with Gasteiger partial charge in [-0.15, -0.1) is 0 Å². The van der Waals surface area contributed by atoms with Crippen molar-refractivity contribution in [3.63, 3.8) is 0 Å². The van der Waals surface area contributed by atoms with Crippen molar-refractivity contribution in [1.82, 2.24) is 10.2 Å². The molecule has 1 aliphatic heterocycles. The highest BCUT2D eigenvalue weighted by Crippen LogP contribution is 2.22. The summed E-state index contributed by atoms with van der Waals surface area (Å²) in [4.78, 5) is 2.51. The Morgan fingerprint density at radius 2 is 1.93 bits per heavy atom. The molecule has 3 heteroatoms. The van der Waals surface area contributed by atoms with E-state index in [4.69, 9.17) is 5.11 Å². The molecule has 84 valence electrons. The molecule has 1 aliphatic rings. The van der Waals surface area contributed by atoms with Crippen LogP contribution in [-0.2, 0) is 0 Å². The maximum atomic E-state index is 8.89. The number of nitrogens with zero attached hydrogens (tertiary/aromatic N) is 1. The molecule has 0 aromatic carbocycles. The molecule has 0 aromatic rings. The molecular formula is C11H24N2O. The number of hydrogen-bond donors (Lipinski definition) is 2. The molecule has 1 saturated heterocycles. The first-order valence-electron chi connectivity index (χ1n) is 5.67. The molecule has 3 nitrogen and oxygen atoms in total. The molecule has 0 bridgehead atoms. The predicted molar refractivity (Wildman–Crippen MR) is 59.3 cm³/mol. The molecular weight excluding hydrogens is 176 g/mol. The van der Waals surface area contributed by atoms with Crippen LogP contribution in [0, 0.1) is 11.8 Å². The van der Waals surface area contributed by atoms with Gasteiger partial charge in [-0.25, -0.2) is 0 Å². The third kappa shape index (κ3) is 3.23. The first-order valence-corrected chi connectivity index (χ1v) is 5.67. The monoisotopic (exact) mass is 200 g/mol. The number of aliphatic hydroxyl groups excluding tert-OH is 1. The highest BCUT2D eigenvalue weighted by Gasteiger charge is 2.26. The molecule has 1 rings (SSSR count). The van der Waals surface area contributed by atoms with Crippen LogP contribution in [0.5, 0.6) is 0 Å². The lowest BCUT2D eigenvalue weighted by molar-refractivity contribution is 0.230. The van der Waals surface area contributed by atoms with E-state index in [0.29, 0.717) is 6.04 Å². The van der Waals surface area contributed by atoms with Crippen molar-refractivity contribution in [1.29, 1.82) is 0 Å². The van der Waals surface area contributed by atoms with Crippen LogP contribution in [0.15, 0.2) is 0 Å². The number of likely N-dealkylation sites (tertiary alicyclic amines) is 1. The Bertz CT molecular complexity index is 153. The van der Waals surface area contributed by atoms with Crippen LogP contribution in [-0.4, -0.2) is 49.3 Å². The number of hydrogen-bond acceptors (Lipinski definition) is 3. The van der Waals surface area contributed by atoms with Crippen molar-refractivity contribution in [2.75, 3.05) is 33.3 Å². The normalized spacial score (nSPS) is 30.9. The molecule has 0 spiro atoms. The average molecular weight is 200 g/mol. The topological polar surface area (TPSA) is 35.5 Å². The van der Waals surface area contributed by atoms with E-state index in [1.54, 1.807) is 0 Å². The lowest BCUT2D eigenvalue weighted by atomic mass is 10.0. The predicted octanol–water partition coefficient (Wildman–Crippen LogP) is 0.545. The van der Waals surface area contributed by atoms with Crippen LogP contribution in [0.1, 0.15) is 20.3 Å². The highest BCUT2D eigenvalue weighted by molar-refractivity contribution is 4.81. The summed E-state index contributed by atoms with van der Waals surface area (Å²) in [5, 5.41) is 12.1. The minimum absolute atomic E-state index is 0.282. The van der Waals surface area contributed by atoms with Gasteiger partial charge in [0.1, 0.15) is 0 Å². The van der Waals surface area contributed by atoms with Crippen LogP contribution in [0.25, 0.3) is 0 Å². The first-order chi connectivity index (χ1) is 6.67. The zero-order chi connectivity index (χ0) is 10.6. The van der Waals surface area contributed by atoms with Crippen molar-refractivity contribution < 1.29 is 5.11 Å². The second-order valence-corrected chi connectivity index (χ2v) is 4.67. The molecule has 0 aromatic heterocycles. The Labute approximate surface area is 87.5 Å². The molecule has 0 aliphatic carbocycles. The van der Waals surface area contributed by atoms with Gasteiger partial charge in [0.2, 0.25) is 0 Å². The minimum atomic E-state index is 0.282. The van der Waals surface area contributed by atoms with E-state index in [1.165, 1.54) is 13.1 Å². The standard InChI is InChI=1S/C11H24N2O/c1-9-6-13(7-10(9)2)8-11(12-3)4-5-14/h9-12,14H,4-8H2,1-3H3. The van der Waals surface area contributed by atoms with Crippen molar-refractivity contribution >= 4 is 0 Å². The Morgan fingerprint density at radius 1 is 1.36 bits per heavy atom. The third-order valence-electron chi connectivity index (χ3n) is 3.43. The van der Waals surface area contributed by atoms with Crippen LogP contribution in [0.2, 0.25) is 0 Å². The largest absolute Gasteiger partial charge is 0.396 e. The van der Waals surface area contributed by atoms with Gasteiger partial charge < -0.3 is 15.3 Å². The SMILES string of the molecule is CNC(CCO)CN1CC(C)C(C)C1.